The molecule has 4 heteroatoms. The van der Waals surface area contributed by atoms with Crippen molar-refractivity contribution in [3.05, 3.63) is 179 Å². The second-order valence-electron chi connectivity index (χ2n) is 15.7. The summed E-state index contributed by atoms with van der Waals surface area (Å²) in [5.41, 5.74) is 15.1. The third kappa shape index (κ3) is 6.31. The van der Waals surface area contributed by atoms with Gasteiger partial charge in [-0.2, -0.15) is 0 Å². The predicted molar refractivity (Wildman–Crippen MR) is 203 cm³/mol. The Kier molecular flexibility index (Phi) is 10.3. The minimum Gasteiger partial charge on any atom is -1.00 e. The zero-order chi connectivity index (χ0) is 33.2. The van der Waals surface area contributed by atoms with Crippen LogP contribution in [-0.2, 0) is 27.4 Å². The molecule has 8 rings (SSSR count). The first-order chi connectivity index (χ1) is 23.1. The molecule has 0 aromatic heterocycles. The van der Waals surface area contributed by atoms with Gasteiger partial charge in [-0.3, -0.25) is 0 Å². The molecule has 0 spiro atoms. The fourth-order valence-electron chi connectivity index (χ4n) is 8.18. The molecule has 0 amide bonds. The smallest absolute Gasteiger partial charge is 1.00 e. The Balaban J connectivity index is 0.00000216. The van der Waals surface area contributed by atoms with Crippen molar-refractivity contribution < 1.29 is 41.4 Å². The SMILES string of the molecule is CC(C)(C)c1ccc2c(c1)[CH]([Ti+2]([CH]1c3ccccc3-c3ccc(C(C)(C)C)cc31)=[Si](c1ccccc1)c1ccccc1)c1ccccc1-2.[Cl-].[Cl-]. The first-order valence-electron chi connectivity index (χ1n) is 17.4. The molecule has 2 unspecified atom stereocenters. The van der Waals surface area contributed by atoms with Crippen LogP contribution in [0.25, 0.3) is 22.3 Å². The minimum absolute atomic E-state index is 0. The average Bonchev–Trinajstić information content (AvgIpc) is 3.59. The number of hydrogen-bond donors (Lipinski definition) is 0. The summed E-state index contributed by atoms with van der Waals surface area (Å²) in [7, 11) is 0. The van der Waals surface area contributed by atoms with Crippen molar-refractivity contribution in [3.8, 4) is 22.3 Å². The van der Waals surface area contributed by atoms with Crippen LogP contribution in [0.2, 0.25) is 0 Å². The maximum Gasteiger partial charge on any atom is -1.00 e. The third-order valence-corrected chi connectivity index (χ3v) is 24.7. The van der Waals surface area contributed by atoms with E-state index in [-0.39, 0.29) is 35.6 Å². The van der Waals surface area contributed by atoms with Gasteiger partial charge in [-0.15, -0.1) is 0 Å². The standard InChI is InChI=1S/2C17H17.C12H10Si.2ClH.Ti/c2*1-17(2,3)14-8-9-16-13(11-14)10-12-6-4-5-7-15(12)16;1-3-7-11(8-4-1)13-12-9-5-2-6-10-12;;;/h2*4-11H,1-3H3;1-10H;2*1H;/q;;;;;+2/p-2. The first-order valence-corrected chi connectivity index (χ1v) is 23.1. The van der Waals surface area contributed by atoms with Crippen molar-refractivity contribution in [1.82, 2.24) is 0 Å². The molecule has 0 bridgehead atoms. The number of benzene rings is 6. The van der Waals surface area contributed by atoms with E-state index in [1.807, 2.05) is 0 Å². The molecular formula is C46H44Cl2SiTi. The normalized spacial score (nSPS) is 15.3. The average molecular weight is 744 g/mol. The predicted octanol–water partition coefficient (Wildman–Crippen LogP) is 4.55. The van der Waals surface area contributed by atoms with Crippen LogP contribution in [0.5, 0.6) is 0 Å². The van der Waals surface area contributed by atoms with Crippen molar-refractivity contribution in [2.45, 2.75) is 60.8 Å². The maximum atomic E-state index is 2.62. The molecule has 6 aromatic rings. The largest absolute Gasteiger partial charge is 1.00 e. The van der Waals surface area contributed by atoms with Gasteiger partial charge in [0.15, 0.2) is 0 Å². The van der Waals surface area contributed by atoms with Gasteiger partial charge in [-0.1, -0.05) is 0 Å². The Hall–Kier alpha value is -3.17. The molecule has 0 saturated carbocycles. The van der Waals surface area contributed by atoms with E-state index in [2.05, 4.69) is 187 Å². The Morgan fingerprint density at radius 1 is 0.400 bits per heavy atom. The topological polar surface area (TPSA) is 0 Å². The molecular weight excluding hydrogens is 699 g/mol. The van der Waals surface area contributed by atoms with E-state index >= 15 is 0 Å². The van der Waals surface area contributed by atoms with Crippen molar-refractivity contribution in [2.75, 3.05) is 0 Å². The zero-order valence-electron chi connectivity index (χ0n) is 29.8. The minimum atomic E-state index is -2.35. The summed E-state index contributed by atoms with van der Waals surface area (Å²) in [4.78, 5) is 0. The van der Waals surface area contributed by atoms with Crippen LogP contribution in [-0.4, -0.2) is 6.19 Å². The van der Waals surface area contributed by atoms with Gasteiger partial charge in [0, 0.05) is 0 Å². The molecule has 0 aliphatic heterocycles. The monoisotopic (exact) mass is 742 g/mol. The number of halogens is 2. The van der Waals surface area contributed by atoms with Crippen molar-refractivity contribution >= 4 is 16.6 Å². The fraction of sp³-hybridized carbons (Fsp3) is 0.217. The maximum absolute atomic E-state index is 2.62. The van der Waals surface area contributed by atoms with E-state index in [0.29, 0.717) is 8.45 Å². The van der Waals surface area contributed by atoms with E-state index in [9.17, 15) is 0 Å². The number of hydrogen-bond acceptors (Lipinski definition) is 0. The van der Waals surface area contributed by atoms with Crippen molar-refractivity contribution in [3.63, 3.8) is 0 Å². The van der Waals surface area contributed by atoms with Gasteiger partial charge in [0.25, 0.3) is 0 Å². The molecule has 0 radical (unpaired) electrons. The molecule has 2 aliphatic carbocycles. The fourth-order valence-corrected chi connectivity index (χ4v) is 24.9. The van der Waals surface area contributed by atoms with E-state index in [0.717, 1.165) is 0 Å². The van der Waals surface area contributed by atoms with Crippen LogP contribution in [0, 0.1) is 0 Å². The Bertz CT molecular complexity index is 2050. The van der Waals surface area contributed by atoms with Crippen LogP contribution in [0.1, 0.15) is 83.4 Å². The summed E-state index contributed by atoms with van der Waals surface area (Å²) in [6.07, 6.45) is -1.20. The van der Waals surface area contributed by atoms with Crippen LogP contribution >= 0.6 is 0 Å². The van der Waals surface area contributed by atoms with E-state index < -0.39 is 22.8 Å². The molecule has 6 aromatic carbocycles. The van der Waals surface area contributed by atoms with E-state index in [1.165, 1.54) is 33.4 Å². The van der Waals surface area contributed by atoms with Gasteiger partial charge in [-0.25, -0.2) is 0 Å². The first kappa shape index (κ1) is 36.6. The summed E-state index contributed by atoms with van der Waals surface area (Å²) in [6, 6.07) is 57.1. The summed E-state index contributed by atoms with van der Waals surface area (Å²) in [5.74, 6) is 0. The Morgan fingerprint density at radius 3 is 1.12 bits per heavy atom. The van der Waals surface area contributed by atoms with Crippen molar-refractivity contribution in [1.29, 1.82) is 0 Å². The molecule has 0 fully saturated rings. The van der Waals surface area contributed by atoms with Gasteiger partial charge in [0.2, 0.25) is 0 Å². The van der Waals surface area contributed by atoms with Gasteiger partial charge in [0.05, 0.1) is 0 Å². The Labute approximate surface area is 317 Å². The summed E-state index contributed by atoms with van der Waals surface area (Å²) in [5, 5.41) is 3.11. The quantitative estimate of drug-likeness (QED) is 0.233. The molecule has 0 nitrogen and oxygen atoms in total. The zero-order valence-corrected chi connectivity index (χ0v) is 33.8. The summed E-state index contributed by atoms with van der Waals surface area (Å²) in [6.45, 7) is 14.2. The number of fused-ring (bicyclic) bond motifs is 6. The molecule has 0 saturated heterocycles. The van der Waals surface area contributed by atoms with Gasteiger partial charge in [-0.05, 0) is 0 Å². The molecule has 50 heavy (non-hydrogen) atoms. The summed E-state index contributed by atoms with van der Waals surface area (Å²) >= 11 is -2.35. The van der Waals surface area contributed by atoms with Gasteiger partial charge < -0.3 is 24.8 Å². The van der Waals surface area contributed by atoms with Crippen LogP contribution in [0.15, 0.2) is 146 Å². The van der Waals surface area contributed by atoms with E-state index in [1.54, 1.807) is 32.6 Å². The van der Waals surface area contributed by atoms with Crippen molar-refractivity contribution in [2.24, 2.45) is 0 Å². The second kappa shape index (κ2) is 14.1. The molecule has 0 heterocycles. The summed E-state index contributed by atoms with van der Waals surface area (Å²) < 4.78 is 0.824. The molecule has 2 atom stereocenters. The molecule has 2 aliphatic rings. The van der Waals surface area contributed by atoms with Crippen LogP contribution in [0.4, 0.5) is 0 Å². The Morgan fingerprint density at radius 2 is 0.740 bits per heavy atom. The van der Waals surface area contributed by atoms with Gasteiger partial charge in [0.1, 0.15) is 0 Å². The van der Waals surface area contributed by atoms with Crippen LogP contribution in [0.3, 0.4) is 0 Å². The third-order valence-electron chi connectivity index (χ3n) is 10.6. The van der Waals surface area contributed by atoms with Crippen LogP contribution < -0.4 is 35.2 Å². The van der Waals surface area contributed by atoms with Gasteiger partial charge >= 0.3 is 295 Å². The number of rotatable bonds is 4. The molecule has 250 valence electrons. The second-order valence-corrected chi connectivity index (χ2v) is 25.6. The van der Waals surface area contributed by atoms with E-state index in [4.69, 9.17) is 0 Å². The molecule has 0 N–H and O–H groups in total.